The van der Waals surface area contributed by atoms with Gasteiger partial charge in [0.1, 0.15) is 5.82 Å². The highest BCUT2D eigenvalue weighted by molar-refractivity contribution is 5.23. The first-order valence-corrected chi connectivity index (χ1v) is 4.35. The van der Waals surface area contributed by atoms with Crippen molar-refractivity contribution in [3.05, 3.63) is 35.1 Å². The molecule has 1 aromatic carbocycles. The highest BCUT2D eigenvalue weighted by Gasteiger charge is 1.96. The molecule has 0 N–H and O–H groups in total. The van der Waals surface area contributed by atoms with Crippen LogP contribution in [0.4, 0.5) is 4.39 Å². The standard InChI is InChI=1S/C8H9F.C3H8/c1-6-4-3-5-7(2)8(6)9;1-3-2/h3-5H,1-2H3;3H2,1-2H3. The molecular weight excluding hydrogens is 151 g/mol. The molecule has 0 aliphatic heterocycles. The Morgan fingerprint density at radius 1 is 1.08 bits per heavy atom. The molecular formula is C11H17F. The fourth-order valence-corrected chi connectivity index (χ4v) is 0.794. The summed E-state index contributed by atoms with van der Waals surface area (Å²) in [6, 6.07) is 5.39. The van der Waals surface area contributed by atoms with Crippen molar-refractivity contribution in [2.24, 2.45) is 0 Å². The molecule has 0 saturated heterocycles. The molecule has 0 radical (unpaired) electrons. The number of aryl methyl sites for hydroxylation is 2. The first kappa shape index (κ1) is 11.2. The Morgan fingerprint density at radius 3 is 1.67 bits per heavy atom. The van der Waals surface area contributed by atoms with Gasteiger partial charge in [0.05, 0.1) is 0 Å². The molecule has 0 aromatic heterocycles. The normalized spacial score (nSPS) is 8.75. The quantitative estimate of drug-likeness (QED) is 0.552. The van der Waals surface area contributed by atoms with E-state index in [1.54, 1.807) is 26.0 Å². The van der Waals surface area contributed by atoms with Crippen LogP contribution in [0.1, 0.15) is 31.4 Å². The van der Waals surface area contributed by atoms with E-state index in [-0.39, 0.29) is 5.82 Å². The van der Waals surface area contributed by atoms with Gasteiger partial charge in [0, 0.05) is 0 Å². The summed E-state index contributed by atoms with van der Waals surface area (Å²) < 4.78 is 12.7. The molecule has 68 valence electrons. The van der Waals surface area contributed by atoms with Crippen LogP contribution in [0.25, 0.3) is 0 Å². The lowest BCUT2D eigenvalue weighted by molar-refractivity contribution is 0.609. The van der Waals surface area contributed by atoms with Crippen LogP contribution < -0.4 is 0 Å². The van der Waals surface area contributed by atoms with E-state index >= 15 is 0 Å². The second-order valence-electron chi connectivity index (χ2n) is 2.91. The summed E-state index contributed by atoms with van der Waals surface area (Å²) in [6.45, 7) is 7.78. The Balaban J connectivity index is 0.000000354. The topological polar surface area (TPSA) is 0 Å². The second-order valence-corrected chi connectivity index (χ2v) is 2.91. The number of hydrogen-bond acceptors (Lipinski definition) is 0. The van der Waals surface area contributed by atoms with E-state index in [1.165, 1.54) is 6.42 Å². The van der Waals surface area contributed by atoms with Gasteiger partial charge in [-0.25, -0.2) is 4.39 Å². The Kier molecular flexibility index (Phi) is 5.35. The van der Waals surface area contributed by atoms with Gasteiger partial charge < -0.3 is 0 Å². The lowest BCUT2D eigenvalue weighted by Gasteiger charge is -1.96. The lowest BCUT2D eigenvalue weighted by atomic mass is 10.1. The van der Waals surface area contributed by atoms with Crippen LogP contribution in [0.2, 0.25) is 0 Å². The minimum absolute atomic E-state index is 0.0856. The van der Waals surface area contributed by atoms with Crippen molar-refractivity contribution < 1.29 is 4.39 Å². The molecule has 0 aliphatic rings. The van der Waals surface area contributed by atoms with Crippen LogP contribution in [0.15, 0.2) is 18.2 Å². The summed E-state index contributed by atoms with van der Waals surface area (Å²) in [5.41, 5.74) is 1.44. The minimum atomic E-state index is -0.0856. The van der Waals surface area contributed by atoms with Gasteiger partial charge in [-0.1, -0.05) is 38.5 Å². The van der Waals surface area contributed by atoms with Gasteiger partial charge >= 0.3 is 0 Å². The van der Waals surface area contributed by atoms with E-state index in [0.29, 0.717) is 0 Å². The van der Waals surface area contributed by atoms with Gasteiger partial charge in [-0.3, -0.25) is 0 Å². The van der Waals surface area contributed by atoms with E-state index in [9.17, 15) is 4.39 Å². The first-order valence-electron chi connectivity index (χ1n) is 4.35. The van der Waals surface area contributed by atoms with Crippen molar-refractivity contribution in [3.8, 4) is 0 Å². The van der Waals surface area contributed by atoms with Gasteiger partial charge in [-0.05, 0) is 25.0 Å². The van der Waals surface area contributed by atoms with E-state index in [4.69, 9.17) is 0 Å². The summed E-state index contributed by atoms with van der Waals surface area (Å²) in [7, 11) is 0. The van der Waals surface area contributed by atoms with Gasteiger partial charge in [-0.2, -0.15) is 0 Å². The van der Waals surface area contributed by atoms with E-state index in [0.717, 1.165) is 11.1 Å². The zero-order valence-corrected chi connectivity index (χ0v) is 8.32. The molecule has 0 nitrogen and oxygen atoms in total. The monoisotopic (exact) mass is 168 g/mol. The van der Waals surface area contributed by atoms with Crippen LogP contribution in [0.5, 0.6) is 0 Å². The molecule has 1 aromatic rings. The summed E-state index contributed by atoms with van der Waals surface area (Å²) in [5, 5.41) is 0. The molecule has 0 unspecified atom stereocenters. The molecule has 12 heavy (non-hydrogen) atoms. The number of hydrogen-bond donors (Lipinski definition) is 0. The molecule has 0 spiro atoms. The molecule has 0 bridgehead atoms. The van der Waals surface area contributed by atoms with Crippen LogP contribution >= 0.6 is 0 Å². The van der Waals surface area contributed by atoms with Gasteiger partial charge in [-0.15, -0.1) is 0 Å². The third-order valence-electron chi connectivity index (χ3n) is 1.38. The smallest absolute Gasteiger partial charge is 0.129 e. The molecule has 0 aliphatic carbocycles. The Morgan fingerprint density at radius 2 is 1.42 bits per heavy atom. The van der Waals surface area contributed by atoms with Crippen molar-refractivity contribution in [1.29, 1.82) is 0 Å². The van der Waals surface area contributed by atoms with Crippen molar-refractivity contribution >= 4 is 0 Å². The van der Waals surface area contributed by atoms with Crippen molar-refractivity contribution in [3.63, 3.8) is 0 Å². The molecule has 0 saturated carbocycles. The number of halogens is 1. The van der Waals surface area contributed by atoms with E-state index in [1.807, 2.05) is 6.07 Å². The van der Waals surface area contributed by atoms with Crippen molar-refractivity contribution in [2.75, 3.05) is 0 Å². The van der Waals surface area contributed by atoms with Crippen molar-refractivity contribution in [1.82, 2.24) is 0 Å². The number of benzene rings is 1. The third kappa shape index (κ3) is 3.51. The first-order chi connectivity index (χ1) is 5.63. The summed E-state index contributed by atoms with van der Waals surface area (Å²) in [5.74, 6) is -0.0856. The maximum absolute atomic E-state index is 12.7. The van der Waals surface area contributed by atoms with Crippen LogP contribution in [-0.4, -0.2) is 0 Å². The summed E-state index contributed by atoms with van der Waals surface area (Å²) in [6.07, 6.45) is 1.25. The van der Waals surface area contributed by atoms with Gasteiger partial charge in [0.2, 0.25) is 0 Å². The molecule has 0 atom stereocenters. The maximum atomic E-state index is 12.7. The molecule has 1 rings (SSSR count). The second kappa shape index (κ2) is 5.76. The average molecular weight is 168 g/mol. The fourth-order valence-electron chi connectivity index (χ4n) is 0.794. The average Bonchev–Trinajstić information content (AvgIpc) is 2.02. The fraction of sp³-hybridized carbons (Fsp3) is 0.455. The van der Waals surface area contributed by atoms with Crippen molar-refractivity contribution in [2.45, 2.75) is 34.1 Å². The largest absolute Gasteiger partial charge is 0.206 e. The molecule has 0 fully saturated rings. The summed E-state index contributed by atoms with van der Waals surface area (Å²) >= 11 is 0. The maximum Gasteiger partial charge on any atom is 0.129 e. The molecule has 1 heteroatoms. The van der Waals surface area contributed by atoms with E-state index in [2.05, 4.69) is 13.8 Å². The van der Waals surface area contributed by atoms with E-state index < -0.39 is 0 Å². The van der Waals surface area contributed by atoms with Gasteiger partial charge in [0.25, 0.3) is 0 Å². The van der Waals surface area contributed by atoms with Gasteiger partial charge in [0.15, 0.2) is 0 Å². The zero-order valence-electron chi connectivity index (χ0n) is 8.32. The lowest BCUT2D eigenvalue weighted by Crippen LogP contribution is -1.84. The predicted molar refractivity (Wildman–Crippen MR) is 51.8 cm³/mol. The van der Waals surface area contributed by atoms with Crippen LogP contribution in [-0.2, 0) is 0 Å². The molecule has 0 heterocycles. The minimum Gasteiger partial charge on any atom is -0.206 e. The highest BCUT2D eigenvalue weighted by atomic mass is 19.1. The zero-order chi connectivity index (χ0) is 9.56. The van der Waals surface area contributed by atoms with Crippen LogP contribution in [0.3, 0.4) is 0 Å². The third-order valence-corrected chi connectivity index (χ3v) is 1.38. The molecule has 0 amide bonds. The van der Waals surface area contributed by atoms with Crippen LogP contribution in [0, 0.1) is 19.7 Å². The Labute approximate surface area is 74.4 Å². The Hall–Kier alpha value is -0.850. The highest BCUT2D eigenvalue weighted by Crippen LogP contribution is 2.09. The SMILES string of the molecule is CCC.Cc1cccc(C)c1F. The number of rotatable bonds is 0. The predicted octanol–water partition coefficient (Wildman–Crippen LogP) is 3.86. The summed E-state index contributed by atoms with van der Waals surface area (Å²) in [4.78, 5) is 0. The Bertz CT molecular complexity index is 208.